The van der Waals surface area contributed by atoms with Crippen LogP contribution in [0.15, 0.2) is 22.6 Å². The summed E-state index contributed by atoms with van der Waals surface area (Å²) in [6, 6.07) is 6.23. The zero-order valence-corrected chi connectivity index (χ0v) is 14.8. The Balaban J connectivity index is 1.33. The van der Waals surface area contributed by atoms with Gasteiger partial charge in [-0.2, -0.15) is 0 Å². The zero-order chi connectivity index (χ0) is 17.9. The molecule has 138 valence electrons. The maximum atomic E-state index is 12.6. The largest absolute Gasteiger partial charge is 0.486 e. The second-order valence-electron chi connectivity index (χ2n) is 6.35. The van der Waals surface area contributed by atoms with Gasteiger partial charge < -0.3 is 23.7 Å². The van der Waals surface area contributed by atoms with E-state index in [0.717, 1.165) is 23.5 Å². The minimum absolute atomic E-state index is 0.112. The average molecular weight is 358 g/mol. The van der Waals surface area contributed by atoms with Crippen molar-refractivity contribution in [2.24, 2.45) is 0 Å². The number of aromatic nitrogens is 2. The highest BCUT2D eigenvalue weighted by Crippen LogP contribution is 2.31. The number of rotatable bonds is 4. The number of ether oxygens (including phenoxy) is 2. The van der Waals surface area contributed by atoms with Gasteiger partial charge in [-0.15, -0.1) is 5.10 Å². The molecule has 0 aliphatic carbocycles. The summed E-state index contributed by atoms with van der Waals surface area (Å²) in [6.07, 6.45) is 1.08. The zero-order valence-electron chi connectivity index (χ0n) is 14.8. The predicted molar refractivity (Wildman–Crippen MR) is 93.6 cm³/mol. The highest BCUT2D eigenvalue weighted by Gasteiger charge is 2.24. The minimum Gasteiger partial charge on any atom is -0.486 e. The van der Waals surface area contributed by atoms with Crippen molar-refractivity contribution in [1.29, 1.82) is 0 Å². The van der Waals surface area contributed by atoms with E-state index in [1.807, 2.05) is 34.9 Å². The molecule has 1 saturated heterocycles. The standard InChI is InChI=1S/C18H22N4O4/c1-2-16-19-20-18(26-16)22-7-5-21(6-8-22)17(23)12-13-3-4-14-15(11-13)25-10-9-24-14/h3-4,11H,2,5-10,12H2,1H3. The van der Waals surface area contributed by atoms with E-state index in [1.54, 1.807) is 0 Å². The number of hydrogen-bond donors (Lipinski definition) is 0. The molecule has 2 aliphatic heterocycles. The lowest BCUT2D eigenvalue weighted by Gasteiger charge is -2.33. The molecule has 1 amide bonds. The maximum absolute atomic E-state index is 12.6. The Kier molecular flexibility index (Phi) is 4.64. The SMILES string of the molecule is CCc1nnc(N2CCN(C(=O)Cc3ccc4c(c3)OCCO4)CC2)o1. The van der Waals surface area contributed by atoms with E-state index in [0.29, 0.717) is 57.7 Å². The van der Waals surface area contributed by atoms with Gasteiger partial charge in [0.1, 0.15) is 13.2 Å². The maximum Gasteiger partial charge on any atom is 0.318 e. The number of anilines is 1. The number of carbonyl (C=O) groups is 1. The van der Waals surface area contributed by atoms with Crippen LogP contribution in [-0.2, 0) is 17.6 Å². The Hall–Kier alpha value is -2.77. The van der Waals surface area contributed by atoms with Crippen LogP contribution in [-0.4, -0.2) is 60.4 Å². The molecule has 0 N–H and O–H groups in total. The summed E-state index contributed by atoms with van der Waals surface area (Å²) < 4.78 is 16.7. The number of nitrogens with zero attached hydrogens (tertiary/aromatic N) is 4. The van der Waals surface area contributed by atoms with Gasteiger partial charge in [0.2, 0.25) is 11.8 Å². The van der Waals surface area contributed by atoms with Crippen LogP contribution in [0.25, 0.3) is 0 Å². The fourth-order valence-corrected chi connectivity index (χ4v) is 3.15. The smallest absolute Gasteiger partial charge is 0.318 e. The Labute approximate surface area is 151 Å². The summed E-state index contributed by atoms with van der Waals surface area (Å²) in [5.41, 5.74) is 0.936. The van der Waals surface area contributed by atoms with E-state index in [-0.39, 0.29) is 5.91 Å². The van der Waals surface area contributed by atoms with Crippen LogP contribution in [0.2, 0.25) is 0 Å². The first kappa shape index (κ1) is 16.7. The second-order valence-corrected chi connectivity index (χ2v) is 6.35. The molecule has 2 aliphatic rings. The first-order valence-corrected chi connectivity index (χ1v) is 8.96. The van der Waals surface area contributed by atoms with Crippen molar-refractivity contribution in [2.75, 3.05) is 44.3 Å². The van der Waals surface area contributed by atoms with Gasteiger partial charge in [0, 0.05) is 32.6 Å². The van der Waals surface area contributed by atoms with Crippen molar-refractivity contribution in [3.8, 4) is 11.5 Å². The third-order valence-electron chi connectivity index (χ3n) is 4.62. The molecule has 2 aromatic rings. The van der Waals surface area contributed by atoms with Crippen molar-refractivity contribution in [2.45, 2.75) is 19.8 Å². The number of aryl methyl sites for hydroxylation is 1. The molecule has 1 aromatic heterocycles. The summed E-state index contributed by atoms with van der Waals surface area (Å²) in [7, 11) is 0. The molecule has 4 rings (SSSR count). The summed E-state index contributed by atoms with van der Waals surface area (Å²) in [5.74, 6) is 2.21. The first-order valence-electron chi connectivity index (χ1n) is 8.96. The lowest BCUT2D eigenvalue weighted by Crippen LogP contribution is -2.49. The third kappa shape index (κ3) is 3.44. The molecule has 8 nitrogen and oxygen atoms in total. The van der Waals surface area contributed by atoms with Gasteiger partial charge in [0.25, 0.3) is 0 Å². The van der Waals surface area contributed by atoms with Gasteiger partial charge in [-0.3, -0.25) is 4.79 Å². The number of hydrogen-bond acceptors (Lipinski definition) is 7. The van der Waals surface area contributed by atoms with Crippen molar-refractivity contribution in [1.82, 2.24) is 15.1 Å². The van der Waals surface area contributed by atoms with Gasteiger partial charge in [-0.25, -0.2) is 0 Å². The fourth-order valence-electron chi connectivity index (χ4n) is 3.15. The van der Waals surface area contributed by atoms with Crippen LogP contribution in [0.3, 0.4) is 0 Å². The second kappa shape index (κ2) is 7.23. The summed E-state index contributed by atoms with van der Waals surface area (Å²) >= 11 is 0. The Morgan fingerprint density at radius 2 is 1.85 bits per heavy atom. The Bertz CT molecular complexity index is 783. The first-order chi connectivity index (χ1) is 12.7. The Morgan fingerprint density at radius 3 is 2.58 bits per heavy atom. The topological polar surface area (TPSA) is 80.9 Å². The predicted octanol–water partition coefficient (Wildman–Crippen LogP) is 1.29. The van der Waals surface area contributed by atoms with E-state index in [2.05, 4.69) is 10.2 Å². The molecule has 26 heavy (non-hydrogen) atoms. The van der Waals surface area contributed by atoms with E-state index in [1.165, 1.54) is 0 Å². The molecular formula is C18H22N4O4. The quantitative estimate of drug-likeness (QED) is 0.815. The van der Waals surface area contributed by atoms with Crippen molar-refractivity contribution < 1.29 is 18.7 Å². The molecule has 0 saturated carbocycles. The number of amides is 1. The van der Waals surface area contributed by atoms with Crippen LogP contribution in [0.1, 0.15) is 18.4 Å². The van der Waals surface area contributed by atoms with Crippen molar-refractivity contribution in [3.05, 3.63) is 29.7 Å². The molecular weight excluding hydrogens is 336 g/mol. The number of fused-ring (bicyclic) bond motifs is 1. The molecule has 0 radical (unpaired) electrons. The van der Waals surface area contributed by atoms with Gasteiger partial charge in [-0.1, -0.05) is 18.1 Å². The molecule has 8 heteroatoms. The lowest BCUT2D eigenvalue weighted by molar-refractivity contribution is -0.130. The van der Waals surface area contributed by atoms with Crippen LogP contribution in [0.5, 0.6) is 11.5 Å². The molecule has 1 fully saturated rings. The van der Waals surface area contributed by atoms with Gasteiger partial charge in [-0.05, 0) is 17.7 Å². The van der Waals surface area contributed by atoms with E-state index in [4.69, 9.17) is 13.9 Å². The number of carbonyl (C=O) groups excluding carboxylic acids is 1. The van der Waals surface area contributed by atoms with Gasteiger partial charge >= 0.3 is 6.01 Å². The van der Waals surface area contributed by atoms with Crippen LogP contribution in [0.4, 0.5) is 6.01 Å². The normalized spacial score (nSPS) is 16.7. The van der Waals surface area contributed by atoms with Crippen molar-refractivity contribution in [3.63, 3.8) is 0 Å². The Morgan fingerprint density at radius 1 is 1.08 bits per heavy atom. The third-order valence-corrected chi connectivity index (χ3v) is 4.62. The van der Waals surface area contributed by atoms with Crippen molar-refractivity contribution >= 4 is 11.9 Å². The summed E-state index contributed by atoms with van der Waals surface area (Å²) in [4.78, 5) is 16.5. The minimum atomic E-state index is 0.112. The molecule has 0 unspecified atom stereocenters. The highest BCUT2D eigenvalue weighted by molar-refractivity contribution is 5.79. The number of benzene rings is 1. The highest BCUT2D eigenvalue weighted by atomic mass is 16.6. The number of piperazine rings is 1. The van der Waals surface area contributed by atoms with Gasteiger partial charge in [0.15, 0.2) is 11.5 Å². The van der Waals surface area contributed by atoms with Crippen LogP contribution < -0.4 is 14.4 Å². The summed E-state index contributed by atoms with van der Waals surface area (Å²) in [5, 5.41) is 8.06. The molecule has 1 aromatic carbocycles. The molecule has 3 heterocycles. The monoisotopic (exact) mass is 358 g/mol. The van der Waals surface area contributed by atoms with Crippen LogP contribution in [0, 0.1) is 0 Å². The van der Waals surface area contributed by atoms with E-state index in [9.17, 15) is 4.79 Å². The van der Waals surface area contributed by atoms with Gasteiger partial charge in [0.05, 0.1) is 6.42 Å². The molecule has 0 atom stereocenters. The summed E-state index contributed by atoms with van der Waals surface area (Å²) in [6.45, 7) is 5.76. The fraction of sp³-hybridized carbons (Fsp3) is 0.500. The van der Waals surface area contributed by atoms with Crippen LogP contribution >= 0.6 is 0 Å². The lowest BCUT2D eigenvalue weighted by atomic mass is 10.1. The van der Waals surface area contributed by atoms with E-state index < -0.39 is 0 Å². The average Bonchev–Trinajstić information content (AvgIpc) is 3.17. The molecule has 0 spiro atoms. The molecule has 0 bridgehead atoms. The van der Waals surface area contributed by atoms with E-state index >= 15 is 0 Å².